The SMILES string of the molecule is Cc1[nH]c2ccc(C(=O)NCCN(C)CCCc3ccc(CN(C=O)OC(C)(C)C)cc3)cc2c1C. The number of aromatic nitrogens is 1. The molecule has 1 aromatic heterocycles. The number of hydrogen-bond donors (Lipinski definition) is 2. The van der Waals surface area contributed by atoms with Gasteiger partial charge in [-0.1, -0.05) is 24.3 Å². The molecule has 0 fully saturated rings. The predicted octanol–water partition coefficient (Wildman–Crippen LogP) is 4.77. The van der Waals surface area contributed by atoms with Crippen molar-refractivity contribution in [3.05, 3.63) is 70.4 Å². The van der Waals surface area contributed by atoms with Crippen LogP contribution in [0.4, 0.5) is 0 Å². The molecule has 36 heavy (non-hydrogen) atoms. The summed E-state index contributed by atoms with van der Waals surface area (Å²) in [5.41, 5.74) is 5.96. The first-order valence-corrected chi connectivity index (χ1v) is 12.6. The number of likely N-dealkylation sites (N-methyl/N-ethyl adjacent to an activating group) is 1. The zero-order chi connectivity index (χ0) is 26.3. The van der Waals surface area contributed by atoms with Crippen LogP contribution in [0.5, 0.6) is 0 Å². The zero-order valence-corrected chi connectivity index (χ0v) is 22.5. The maximum absolute atomic E-state index is 12.6. The van der Waals surface area contributed by atoms with Crippen LogP contribution in [0.2, 0.25) is 0 Å². The zero-order valence-electron chi connectivity index (χ0n) is 22.5. The summed E-state index contributed by atoms with van der Waals surface area (Å²) in [5, 5.41) is 5.48. The number of hydroxylamine groups is 2. The Hall–Kier alpha value is -3.16. The quantitative estimate of drug-likeness (QED) is 0.282. The molecule has 1 heterocycles. The lowest BCUT2D eigenvalue weighted by Crippen LogP contribution is -2.33. The second kappa shape index (κ2) is 12.2. The van der Waals surface area contributed by atoms with Gasteiger partial charge in [0.15, 0.2) is 0 Å². The Bertz CT molecular complexity index is 1160. The third-order valence-corrected chi connectivity index (χ3v) is 6.22. The molecule has 0 unspecified atom stereocenters. The van der Waals surface area contributed by atoms with Gasteiger partial charge in [-0.15, -0.1) is 0 Å². The molecule has 7 heteroatoms. The lowest BCUT2D eigenvalue weighted by molar-refractivity contribution is -0.220. The molecule has 3 rings (SSSR count). The average Bonchev–Trinajstić information content (AvgIpc) is 3.11. The maximum Gasteiger partial charge on any atom is 0.251 e. The van der Waals surface area contributed by atoms with E-state index < -0.39 is 5.60 Å². The van der Waals surface area contributed by atoms with Crippen LogP contribution in [-0.2, 0) is 22.6 Å². The number of carbonyl (C=O) groups is 2. The van der Waals surface area contributed by atoms with Crippen LogP contribution in [0.1, 0.15) is 59.9 Å². The third-order valence-electron chi connectivity index (χ3n) is 6.22. The molecule has 0 bridgehead atoms. The van der Waals surface area contributed by atoms with E-state index in [2.05, 4.69) is 41.3 Å². The van der Waals surface area contributed by atoms with Crippen molar-refractivity contribution in [2.45, 2.75) is 59.6 Å². The number of aromatic amines is 1. The van der Waals surface area contributed by atoms with Crippen LogP contribution < -0.4 is 5.32 Å². The Labute approximate surface area is 214 Å². The second-order valence-electron chi connectivity index (χ2n) is 10.5. The van der Waals surface area contributed by atoms with Crippen molar-refractivity contribution in [3.8, 4) is 0 Å². The number of fused-ring (bicyclic) bond motifs is 1. The highest BCUT2D eigenvalue weighted by molar-refractivity contribution is 5.99. The summed E-state index contributed by atoms with van der Waals surface area (Å²) in [6, 6.07) is 14.1. The number of rotatable bonds is 12. The van der Waals surface area contributed by atoms with Crippen LogP contribution in [0.15, 0.2) is 42.5 Å². The predicted molar refractivity (Wildman–Crippen MR) is 145 cm³/mol. The van der Waals surface area contributed by atoms with E-state index in [4.69, 9.17) is 4.84 Å². The lowest BCUT2D eigenvalue weighted by Gasteiger charge is -2.26. The first-order valence-electron chi connectivity index (χ1n) is 12.6. The molecule has 2 aromatic carbocycles. The van der Waals surface area contributed by atoms with Gasteiger partial charge in [0, 0.05) is 35.2 Å². The molecule has 194 valence electrons. The van der Waals surface area contributed by atoms with Gasteiger partial charge in [0.05, 0.1) is 12.1 Å². The van der Waals surface area contributed by atoms with Crippen molar-refractivity contribution >= 4 is 23.2 Å². The Balaban J connectivity index is 1.37. The van der Waals surface area contributed by atoms with E-state index in [1.54, 1.807) is 0 Å². The highest BCUT2D eigenvalue weighted by Crippen LogP contribution is 2.22. The molecule has 2 amide bonds. The van der Waals surface area contributed by atoms with Gasteiger partial charge >= 0.3 is 0 Å². The van der Waals surface area contributed by atoms with Crippen molar-refractivity contribution in [2.24, 2.45) is 0 Å². The number of nitrogens with zero attached hydrogens (tertiary/aromatic N) is 2. The number of nitrogens with one attached hydrogen (secondary N) is 2. The number of H-pyrrole nitrogens is 1. The second-order valence-corrected chi connectivity index (χ2v) is 10.5. The third kappa shape index (κ3) is 7.93. The monoisotopic (exact) mass is 492 g/mol. The number of amides is 2. The van der Waals surface area contributed by atoms with Gasteiger partial charge in [0.25, 0.3) is 5.91 Å². The first-order chi connectivity index (χ1) is 17.1. The van der Waals surface area contributed by atoms with E-state index in [1.165, 1.54) is 16.2 Å². The molecule has 0 saturated heterocycles. The smallest absolute Gasteiger partial charge is 0.251 e. The van der Waals surface area contributed by atoms with Crippen molar-refractivity contribution in [2.75, 3.05) is 26.7 Å². The molecule has 0 saturated carbocycles. The first kappa shape index (κ1) is 27.4. The number of carbonyl (C=O) groups excluding carboxylic acids is 2. The maximum atomic E-state index is 12.6. The summed E-state index contributed by atoms with van der Waals surface area (Å²) >= 11 is 0. The Morgan fingerprint density at radius 3 is 2.42 bits per heavy atom. The molecule has 2 N–H and O–H groups in total. The summed E-state index contributed by atoms with van der Waals surface area (Å²) in [6.07, 6.45) is 2.72. The van der Waals surface area contributed by atoms with Gasteiger partial charge < -0.3 is 15.2 Å². The number of benzene rings is 2. The highest BCUT2D eigenvalue weighted by Gasteiger charge is 2.16. The van der Waals surface area contributed by atoms with E-state index in [9.17, 15) is 9.59 Å². The number of aryl methyl sites for hydroxylation is 3. The largest absolute Gasteiger partial charge is 0.358 e. The van der Waals surface area contributed by atoms with Gasteiger partial charge in [-0.3, -0.25) is 14.4 Å². The summed E-state index contributed by atoms with van der Waals surface area (Å²) < 4.78 is 0. The fraction of sp³-hybridized carbons (Fsp3) is 0.448. The minimum Gasteiger partial charge on any atom is -0.358 e. The van der Waals surface area contributed by atoms with Crippen molar-refractivity contribution in [1.82, 2.24) is 20.3 Å². The van der Waals surface area contributed by atoms with Gasteiger partial charge in [0.1, 0.15) is 0 Å². The molecule has 0 atom stereocenters. The van der Waals surface area contributed by atoms with Crippen LogP contribution in [0.3, 0.4) is 0 Å². The summed E-state index contributed by atoms with van der Waals surface area (Å²) in [6.45, 7) is 12.7. The topological polar surface area (TPSA) is 77.7 Å². The minimum atomic E-state index is -0.412. The Morgan fingerprint density at radius 1 is 1.06 bits per heavy atom. The fourth-order valence-corrected chi connectivity index (χ4v) is 4.16. The molecule has 0 aliphatic carbocycles. The van der Waals surface area contributed by atoms with Gasteiger partial charge in [-0.05, 0) is 95.9 Å². The molecule has 0 aliphatic heterocycles. The Kier molecular flexibility index (Phi) is 9.29. The van der Waals surface area contributed by atoms with Crippen LogP contribution >= 0.6 is 0 Å². The van der Waals surface area contributed by atoms with E-state index in [-0.39, 0.29) is 5.91 Å². The molecule has 0 radical (unpaired) electrons. The van der Waals surface area contributed by atoms with E-state index in [0.29, 0.717) is 18.7 Å². The fourth-order valence-electron chi connectivity index (χ4n) is 4.16. The summed E-state index contributed by atoms with van der Waals surface area (Å²) in [5.74, 6) is -0.0373. The number of hydrogen-bond acceptors (Lipinski definition) is 4. The average molecular weight is 493 g/mol. The molecular formula is C29H40N4O3. The van der Waals surface area contributed by atoms with E-state index in [0.717, 1.165) is 54.5 Å². The Morgan fingerprint density at radius 2 is 1.75 bits per heavy atom. The minimum absolute atomic E-state index is 0.0373. The van der Waals surface area contributed by atoms with E-state index >= 15 is 0 Å². The summed E-state index contributed by atoms with van der Waals surface area (Å²) in [7, 11) is 2.08. The normalized spacial score (nSPS) is 11.8. The molecule has 0 spiro atoms. The van der Waals surface area contributed by atoms with Gasteiger partial charge in [-0.25, -0.2) is 5.06 Å². The molecule has 0 aliphatic rings. The molecular weight excluding hydrogens is 452 g/mol. The van der Waals surface area contributed by atoms with Crippen LogP contribution in [-0.4, -0.2) is 59.5 Å². The lowest BCUT2D eigenvalue weighted by atomic mass is 10.1. The van der Waals surface area contributed by atoms with Crippen molar-refractivity contribution in [3.63, 3.8) is 0 Å². The van der Waals surface area contributed by atoms with Crippen molar-refractivity contribution in [1.29, 1.82) is 0 Å². The van der Waals surface area contributed by atoms with Gasteiger partial charge in [0.2, 0.25) is 6.41 Å². The van der Waals surface area contributed by atoms with Crippen molar-refractivity contribution < 1.29 is 14.4 Å². The van der Waals surface area contributed by atoms with Crippen LogP contribution in [0.25, 0.3) is 10.9 Å². The van der Waals surface area contributed by atoms with Crippen LogP contribution in [0, 0.1) is 13.8 Å². The molecule has 3 aromatic rings. The van der Waals surface area contributed by atoms with E-state index in [1.807, 2.05) is 58.0 Å². The standard InChI is InChI=1S/C29H40N4O3/c1-21-22(2)31-27-14-13-25(18-26(21)27)28(35)30-15-17-32(6)16-7-8-23-9-11-24(12-10-23)19-33(20-34)36-29(3,4)5/h9-14,18,20,31H,7-8,15-17,19H2,1-6H3,(H,30,35). The molecule has 7 nitrogen and oxygen atoms in total. The summed E-state index contributed by atoms with van der Waals surface area (Å²) in [4.78, 5) is 35.1. The highest BCUT2D eigenvalue weighted by atomic mass is 16.7. The van der Waals surface area contributed by atoms with Gasteiger partial charge in [-0.2, -0.15) is 0 Å².